The lowest BCUT2D eigenvalue weighted by molar-refractivity contribution is -0.118. The SMILES string of the molecule is CCC(C)(C)NC(=O)c1ccc(NC(=O)C2=NN(c3cc(C)ccc3C)C(=O)CC2)cc1. The van der Waals surface area contributed by atoms with Gasteiger partial charge in [-0.25, -0.2) is 5.01 Å². The highest BCUT2D eigenvalue weighted by Gasteiger charge is 2.27. The molecule has 7 nitrogen and oxygen atoms in total. The van der Waals surface area contributed by atoms with Crippen molar-refractivity contribution >= 4 is 34.8 Å². The number of rotatable bonds is 6. The van der Waals surface area contributed by atoms with E-state index in [1.807, 2.05) is 52.8 Å². The van der Waals surface area contributed by atoms with Gasteiger partial charge >= 0.3 is 0 Å². The number of nitrogens with one attached hydrogen (secondary N) is 2. The molecule has 2 N–H and O–H groups in total. The molecule has 2 aromatic rings. The summed E-state index contributed by atoms with van der Waals surface area (Å²) in [7, 11) is 0. The summed E-state index contributed by atoms with van der Waals surface area (Å²) in [5.41, 5.74) is 3.68. The summed E-state index contributed by atoms with van der Waals surface area (Å²) in [6, 6.07) is 12.5. The van der Waals surface area contributed by atoms with E-state index in [-0.39, 0.29) is 41.8 Å². The molecule has 0 atom stereocenters. The van der Waals surface area contributed by atoms with E-state index >= 15 is 0 Å². The van der Waals surface area contributed by atoms with Gasteiger partial charge in [-0.15, -0.1) is 0 Å². The molecule has 0 saturated heterocycles. The first-order chi connectivity index (χ1) is 15.1. The van der Waals surface area contributed by atoms with Crippen LogP contribution in [0.5, 0.6) is 0 Å². The van der Waals surface area contributed by atoms with Crippen molar-refractivity contribution in [2.75, 3.05) is 10.3 Å². The number of carbonyl (C=O) groups is 3. The molecule has 0 fully saturated rings. The van der Waals surface area contributed by atoms with Crippen molar-refractivity contribution in [1.82, 2.24) is 5.32 Å². The van der Waals surface area contributed by atoms with Crippen LogP contribution in [0.3, 0.4) is 0 Å². The van der Waals surface area contributed by atoms with Crippen molar-refractivity contribution in [2.24, 2.45) is 5.10 Å². The molecule has 0 unspecified atom stereocenters. The second-order valence-corrected chi connectivity index (χ2v) is 8.77. The summed E-state index contributed by atoms with van der Waals surface area (Å²) in [6.45, 7) is 9.81. The van der Waals surface area contributed by atoms with E-state index in [0.29, 0.717) is 16.9 Å². The molecule has 0 spiro atoms. The molecule has 2 aromatic carbocycles. The van der Waals surface area contributed by atoms with E-state index in [2.05, 4.69) is 15.7 Å². The summed E-state index contributed by atoms with van der Waals surface area (Å²) in [5.74, 6) is -0.660. The molecule has 0 radical (unpaired) electrons. The fourth-order valence-electron chi connectivity index (χ4n) is 3.23. The Bertz CT molecular complexity index is 1070. The molecule has 0 aromatic heterocycles. The fraction of sp³-hybridized carbons (Fsp3) is 0.360. The van der Waals surface area contributed by atoms with E-state index in [0.717, 1.165) is 17.5 Å². The lowest BCUT2D eigenvalue weighted by atomic mass is 10.0. The molecule has 1 aliphatic rings. The maximum absolute atomic E-state index is 12.8. The van der Waals surface area contributed by atoms with Gasteiger partial charge in [0.25, 0.3) is 11.8 Å². The van der Waals surface area contributed by atoms with Crippen LogP contribution in [0, 0.1) is 13.8 Å². The Morgan fingerprint density at radius 2 is 1.72 bits per heavy atom. The van der Waals surface area contributed by atoms with Crippen LogP contribution in [0.15, 0.2) is 47.6 Å². The number of benzene rings is 2. The van der Waals surface area contributed by atoms with Crippen molar-refractivity contribution < 1.29 is 14.4 Å². The summed E-state index contributed by atoms with van der Waals surface area (Å²) >= 11 is 0. The Kier molecular flexibility index (Phi) is 6.77. The number of hydrogen-bond donors (Lipinski definition) is 2. The maximum atomic E-state index is 12.8. The zero-order valence-electron chi connectivity index (χ0n) is 19.3. The van der Waals surface area contributed by atoms with Crippen LogP contribution in [-0.4, -0.2) is 29.0 Å². The van der Waals surface area contributed by atoms with Gasteiger partial charge in [-0.2, -0.15) is 5.10 Å². The van der Waals surface area contributed by atoms with Gasteiger partial charge in [-0.05, 0) is 75.6 Å². The quantitative estimate of drug-likeness (QED) is 0.708. The molecular weight excluding hydrogens is 404 g/mol. The minimum absolute atomic E-state index is 0.138. The molecule has 3 amide bonds. The first-order valence-electron chi connectivity index (χ1n) is 10.8. The molecule has 0 aliphatic carbocycles. The molecule has 1 heterocycles. The van der Waals surface area contributed by atoms with Crippen LogP contribution in [0.4, 0.5) is 11.4 Å². The molecular formula is C25H30N4O3. The molecule has 3 rings (SSSR count). The number of hydrazone groups is 1. The zero-order valence-corrected chi connectivity index (χ0v) is 19.3. The minimum Gasteiger partial charge on any atom is -0.347 e. The first-order valence-corrected chi connectivity index (χ1v) is 10.8. The Morgan fingerprint density at radius 1 is 1.03 bits per heavy atom. The highest BCUT2D eigenvalue weighted by molar-refractivity contribution is 6.44. The largest absolute Gasteiger partial charge is 0.347 e. The average Bonchev–Trinajstić information content (AvgIpc) is 2.76. The molecule has 168 valence electrons. The van der Waals surface area contributed by atoms with Gasteiger partial charge in [0.1, 0.15) is 5.71 Å². The minimum atomic E-state index is -0.364. The van der Waals surface area contributed by atoms with Crippen molar-refractivity contribution in [3.8, 4) is 0 Å². The fourth-order valence-corrected chi connectivity index (χ4v) is 3.23. The van der Waals surface area contributed by atoms with Gasteiger partial charge in [0.2, 0.25) is 5.91 Å². The van der Waals surface area contributed by atoms with E-state index in [1.54, 1.807) is 24.3 Å². The summed E-state index contributed by atoms with van der Waals surface area (Å²) in [6.07, 6.45) is 1.31. The summed E-state index contributed by atoms with van der Waals surface area (Å²) in [5, 5.41) is 11.5. The van der Waals surface area contributed by atoms with Crippen molar-refractivity contribution in [2.45, 2.75) is 59.4 Å². The molecule has 1 aliphatic heterocycles. The predicted molar refractivity (Wildman–Crippen MR) is 127 cm³/mol. The van der Waals surface area contributed by atoms with Crippen LogP contribution in [0.1, 0.15) is 61.5 Å². The predicted octanol–water partition coefficient (Wildman–Crippen LogP) is 4.34. The lowest BCUT2D eigenvalue weighted by Gasteiger charge is -2.25. The van der Waals surface area contributed by atoms with E-state index in [9.17, 15) is 14.4 Å². The van der Waals surface area contributed by atoms with Gasteiger partial charge in [-0.1, -0.05) is 19.1 Å². The topological polar surface area (TPSA) is 90.9 Å². The van der Waals surface area contributed by atoms with E-state index in [1.165, 1.54) is 5.01 Å². The monoisotopic (exact) mass is 434 g/mol. The Balaban J connectivity index is 1.73. The Hall–Kier alpha value is -3.48. The Labute approximate surface area is 188 Å². The van der Waals surface area contributed by atoms with Crippen molar-refractivity contribution in [1.29, 1.82) is 0 Å². The third kappa shape index (κ3) is 5.41. The lowest BCUT2D eigenvalue weighted by Crippen LogP contribution is -2.42. The molecule has 7 heteroatoms. The van der Waals surface area contributed by atoms with Crippen LogP contribution < -0.4 is 15.6 Å². The third-order valence-corrected chi connectivity index (χ3v) is 5.63. The van der Waals surface area contributed by atoms with E-state index < -0.39 is 0 Å². The van der Waals surface area contributed by atoms with Crippen LogP contribution in [0.2, 0.25) is 0 Å². The number of amides is 3. The number of carbonyl (C=O) groups excluding carboxylic acids is 3. The highest BCUT2D eigenvalue weighted by Crippen LogP contribution is 2.25. The van der Waals surface area contributed by atoms with Gasteiger partial charge < -0.3 is 10.6 Å². The first kappa shape index (κ1) is 23.2. The smallest absolute Gasteiger partial charge is 0.271 e. The van der Waals surface area contributed by atoms with Crippen LogP contribution in [0.25, 0.3) is 0 Å². The second kappa shape index (κ2) is 9.34. The number of anilines is 2. The van der Waals surface area contributed by atoms with Gasteiger partial charge in [0.15, 0.2) is 0 Å². The third-order valence-electron chi connectivity index (χ3n) is 5.63. The Morgan fingerprint density at radius 3 is 2.38 bits per heavy atom. The number of nitrogens with zero attached hydrogens (tertiary/aromatic N) is 2. The van der Waals surface area contributed by atoms with Crippen LogP contribution in [-0.2, 0) is 9.59 Å². The van der Waals surface area contributed by atoms with E-state index in [4.69, 9.17) is 0 Å². The molecule has 0 bridgehead atoms. The zero-order chi connectivity index (χ0) is 23.5. The number of aryl methyl sites for hydroxylation is 2. The summed E-state index contributed by atoms with van der Waals surface area (Å²) < 4.78 is 0. The number of hydrogen-bond acceptors (Lipinski definition) is 4. The van der Waals surface area contributed by atoms with Gasteiger partial charge in [0, 0.05) is 29.6 Å². The van der Waals surface area contributed by atoms with Gasteiger partial charge in [0.05, 0.1) is 5.69 Å². The summed E-state index contributed by atoms with van der Waals surface area (Å²) in [4.78, 5) is 37.6. The van der Waals surface area contributed by atoms with Crippen molar-refractivity contribution in [3.05, 3.63) is 59.2 Å². The standard InChI is InChI=1S/C25H30N4O3/c1-6-25(4,5)27-23(31)18-9-11-19(12-10-18)26-24(32)20-13-14-22(30)29(28-20)21-15-16(2)7-8-17(21)3/h7-12,15H,6,13-14H2,1-5H3,(H,26,32)(H,27,31). The molecule has 32 heavy (non-hydrogen) atoms. The average molecular weight is 435 g/mol. The van der Waals surface area contributed by atoms with Crippen molar-refractivity contribution in [3.63, 3.8) is 0 Å². The highest BCUT2D eigenvalue weighted by atomic mass is 16.2. The maximum Gasteiger partial charge on any atom is 0.271 e. The second-order valence-electron chi connectivity index (χ2n) is 8.77. The van der Waals surface area contributed by atoms with Gasteiger partial charge in [-0.3, -0.25) is 14.4 Å². The van der Waals surface area contributed by atoms with Crippen LogP contribution >= 0.6 is 0 Å². The molecule has 0 saturated carbocycles. The normalized spacial score (nSPS) is 14.1.